The van der Waals surface area contributed by atoms with E-state index in [-0.39, 0.29) is 16.4 Å². The number of hydrogen-bond donors (Lipinski definition) is 0. The Labute approximate surface area is 131 Å². The highest BCUT2D eigenvalue weighted by Crippen LogP contribution is 2.39. The molecule has 0 spiro atoms. The summed E-state index contributed by atoms with van der Waals surface area (Å²) in [6, 6.07) is 4.98. The van der Waals surface area contributed by atoms with Crippen LogP contribution < -0.4 is 0 Å². The molecule has 118 valence electrons. The van der Waals surface area contributed by atoms with Gasteiger partial charge in [-0.15, -0.1) is 0 Å². The summed E-state index contributed by atoms with van der Waals surface area (Å²) in [5, 5.41) is 0. The summed E-state index contributed by atoms with van der Waals surface area (Å²) < 4.78 is 0. The van der Waals surface area contributed by atoms with Crippen molar-refractivity contribution in [1.82, 2.24) is 4.90 Å². The van der Waals surface area contributed by atoms with Crippen molar-refractivity contribution in [3.63, 3.8) is 0 Å². The minimum absolute atomic E-state index is 0.201. The highest BCUT2D eigenvalue weighted by molar-refractivity contribution is 5.46. The molecule has 1 heteroatoms. The topological polar surface area (TPSA) is 3.24 Å². The molecule has 0 amide bonds. The number of fused-ring (bicyclic) bond motifs is 1. The van der Waals surface area contributed by atoms with E-state index in [1.54, 1.807) is 0 Å². The highest BCUT2D eigenvalue weighted by atomic mass is 15.2. The molecular formula is C20H33N. The zero-order valence-corrected chi connectivity index (χ0v) is 15.5. The van der Waals surface area contributed by atoms with Crippen LogP contribution in [0.1, 0.15) is 84.6 Å². The molecule has 0 bridgehead atoms. The van der Waals surface area contributed by atoms with Gasteiger partial charge in [-0.25, -0.2) is 0 Å². The zero-order valence-electron chi connectivity index (χ0n) is 15.5. The molecular weight excluding hydrogens is 254 g/mol. The van der Waals surface area contributed by atoms with E-state index in [0.717, 1.165) is 13.1 Å². The third-order valence-electron chi connectivity index (χ3n) is 4.63. The van der Waals surface area contributed by atoms with Crippen LogP contribution in [0, 0.1) is 0 Å². The first-order valence-electron chi connectivity index (χ1n) is 8.22. The van der Waals surface area contributed by atoms with Crippen LogP contribution in [0.15, 0.2) is 12.1 Å². The quantitative estimate of drug-likeness (QED) is 0.618. The molecule has 0 aromatic heterocycles. The zero-order chi connectivity index (χ0) is 16.2. The van der Waals surface area contributed by atoms with Crippen LogP contribution in [-0.2, 0) is 23.9 Å². The van der Waals surface area contributed by atoms with Gasteiger partial charge in [-0.3, -0.25) is 4.90 Å². The van der Waals surface area contributed by atoms with Crippen molar-refractivity contribution in [2.75, 3.05) is 0 Å². The van der Waals surface area contributed by atoms with Crippen LogP contribution in [0.2, 0.25) is 0 Å². The lowest BCUT2D eigenvalue weighted by Crippen LogP contribution is -2.36. The van der Waals surface area contributed by atoms with Gasteiger partial charge in [0.15, 0.2) is 0 Å². The molecule has 1 aromatic carbocycles. The Morgan fingerprint density at radius 1 is 0.667 bits per heavy atom. The van der Waals surface area contributed by atoms with Crippen molar-refractivity contribution < 1.29 is 0 Å². The van der Waals surface area contributed by atoms with Gasteiger partial charge in [-0.05, 0) is 53.9 Å². The Bertz CT molecular complexity index is 490. The fourth-order valence-corrected chi connectivity index (χ4v) is 3.17. The molecule has 0 radical (unpaired) electrons. The number of hydrogen-bond acceptors (Lipinski definition) is 1. The van der Waals surface area contributed by atoms with Gasteiger partial charge in [0.1, 0.15) is 0 Å². The fraction of sp³-hybridized carbons (Fsp3) is 0.700. The van der Waals surface area contributed by atoms with Gasteiger partial charge in [-0.1, -0.05) is 53.7 Å². The highest BCUT2D eigenvalue weighted by Gasteiger charge is 2.32. The van der Waals surface area contributed by atoms with Gasteiger partial charge in [0.25, 0.3) is 0 Å². The lowest BCUT2D eigenvalue weighted by atomic mass is 9.74. The molecule has 1 heterocycles. The van der Waals surface area contributed by atoms with E-state index in [4.69, 9.17) is 0 Å². The van der Waals surface area contributed by atoms with E-state index in [9.17, 15) is 0 Å². The third-order valence-corrected chi connectivity index (χ3v) is 4.63. The van der Waals surface area contributed by atoms with E-state index < -0.39 is 0 Å². The predicted octanol–water partition coefficient (Wildman–Crippen LogP) is 5.40. The molecule has 0 atom stereocenters. The van der Waals surface area contributed by atoms with E-state index in [1.807, 2.05) is 0 Å². The standard InChI is InChI=1S/C20H33N/c1-18(2,3)16-10-14-12-21(20(7,8)9)13-15(14)11-17(16)19(4,5)6/h10-11H,12-13H2,1-9H3. The number of nitrogens with zero attached hydrogens (tertiary/aromatic N) is 1. The first-order chi connectivity index (χ1) is 9.30. The van der Waals surface area contributed by atoms with Crippen molar-refractivity contribution in [3.8, 4) is 0 Å². The van der Waals surface area contributed by atoms with Crippen molar-refractivity contribution >= 4 is 0 Å². The van der Waals surface area contributed by atoms with Crippen LogP contribution in [0.3, 0.4) is 0 Å². The van der Waals surface area contributed by atoms with Crippen LogP contribution in [0.25, 0.3) is 0 Å². The summed E-state index contributed by atoms with van der Waals surface area (Å²) in [6.07, 6.45) is 0. The lowest BCUT2D eigenvalue weighted by Gasteiger charge is -2.31. The molecule has 1 aliphatic heterocycles. The molecule has 0 saturated carbocycles. The van der Waals surface area contributed by atoms with E-state index >= 15 is 0 Å². The summed E-state index contributed by atoms with van der Waals surface area (Å²) in [4.78, 5) is 2.58. The average Bonchev–Trinajstić information content (AvgIpc) is 2.66. The Morgan fingerprint density at radius 3 is 1.24 bits per heavy atom. The second-order valence-electron chi connectivity index (χ2n) is 9.69. The number of benzene rings is 1. The molecule has 1 nitrogen and oxygen atoms in total. The largest absolute Gasteiger partial charge is 0.290 e. The summed E-state index contributed by atoms with van der Waals surface area (Å²) in [5.74, 6) is 0. The monoisotopic (exact) mass is 287 g/mol. The van der Waals surface area contributed by atoms with Gasteiger partial charge in [0.05, 0.1) is 0 Å². The van der Waals surface area contributed by atoms with Crippen LogP contribution in [-0.4, -0.2) is 10.4 Å². The van der Waals surface area contributed by atoms with Gasteiger partial charge >= 0.3 is 0 Å². The normalized spacial score (nSPS) is 17.2. The van der Waals surface area contributed by atoms with Gasteiger partial charge < -0.3 is 0 Å². The Morgan fingerprint density at radius 2 is 1.00 bits per heavy atom. The van der Waals surface area contributed by atoms with Crippen LogP contribution >= 0.6 is 0 Å². The second kappa shape index (κ2) is 4.84. The van der Waals surface area contributed by atoms with Gasteiger partial charge in [0.2, 0.25) is 0 Å². The van der Waals surface area contributed by atoms with Gasteiger partial charge in [-0.2, -0.15) is 0 Å². The summed E-state index contributed by atoms with van der Waals surface area (Å²) in [5.41, 5.74) is 6.74. The van der Waals surface area contributed by atoms with Crippen molar-refractivity contribution in [3.05, 3.63) is 34.4 Å². The first-order valence-corrected chi connectivity index (χ1v) is 8.22. The molecule has 21 heavy (non-hydrogen) atoms. The second-order valence-corrected chi connectivity index (χ2v) is 9.69. The Kier molecular flexibility index (Phi) is 3.82. The SMILES string of the molecule is CC(C)(C)c1cc2c(cc1C(C)(C)C)CN(C(C)(C)C)C2. The van der Waals surface area contributed by atoms with Crippen molar-refractivity contribution in [2.45, 2.75) is 91.8 Å². The fourth-order valence-electron chi connectivity index (χ4n) is 3.17. The molecule has 1 aliphatic rings. The lowest BCUT2D eigenvalue weighted by molar-refractivity contribution is 0.136. The summed E-state index contributed by atoms with van der Waals surface area (Å²) in [6.45, 7) is 23.1. The molecule has 0 unspecified atom stereocenters. The number of rotatable bonds is 0. The van der Waals surface area contributed by atoms with E-state index in [1.165, 1.54) is 22.3 Å². The minimum atomic E-state index is 0.201. The summed E-state index contributed by atoms with van der Waals surface area (Å²) >= 11 is 0. The first kappa shape index (κ1) is 16.5. The molecule has 0 fully saturated rings. The van der Waals surface area contributed by atoms with Crippen LogP contribution in [0.5, 0.6) is 0 Å². The van der Waals surface area contributed by atoms with Crippen molar-refractivity contribution in [2.24, 2.45) is 0 Å². The molecule has 0 N–H and O–H groups in total. The van der Waals surface area contributed by atoms with Gasteiger partial charge in [0, 0.05) is 18.6 Å². The predicted molar refractivity (Wildman–Crippen MR) is 92.8 cm³/mol. The molecule has 1 aromatic rings. The maximum atomic E-state index is 2.58. The van der Waals surface area contributed by atoms with Crippen molar-refractivity contribution in [1.29, 1.82) is 0 Å². The minimum Gasteiger partial charge on any atom is -0.290 e. The molecule has 0 saturated heterocycles. The van der Waals surface area contributed by atoms with Crippen LogP contribution in [0.4, 0.5) is 0 Å². The summed E-state index contributed by atoms with van der Waals surface area (Å²) in [7, 11) is 0. The molecule has 0 aliphatic carbocycles. The average molecular weight is 287 g/mol. The maximum absolute atomic E-state index is 2.58. The maximum Gasteiger partial charge on any atom is 0.0245 e. The Balaban J connectivity index is 2.53. The van der Waals surface area contributed by atoms with E-state index in [0.29, 0.717) is 0 Å². The third kappa shape index (κ3) is 3.34. The van der Waals surface area contributed by atoms with E-state index in [2.05, 4.69) is 79.3 Å². The smallest absolute Gasteiger partial charge is 0.0245 e. The Hall–Kier alpha value is -0.820. The molecule has 2 rings (SSSR count).